The molecule has 0 saturated heterocycles. The predicted molar refractivity (Wildman–Crippen MR) is 126 cm³/mol. The number of carbonyl (C=O) groups excluding carboxylic acids is 2. The summed E-state index contributed by atoms with van der Waals surface area (Å²) < 4.78 is 0. The Hall–Kier alpha value is -2.47. The Bertz CT molecular complexity index is 1070. The summed E-state index contributed by atoms with van der Waals surface area (Å²) in [5.41, 5.74) is 2.81. The fourth-order valence-electron chi connectivity index (χ4n) is 2.67. The number of anilines is 2. The van der Waals surface area contributed by atoms with E-state index in [9.17, 15) is 9.59 Å². The Kier molecular flexibility index (Phi) is 7.43. The highest BCUT2D eigenvalue weighted by molar-refractivity contribution is 8.00. The summed E-state index contributed by atoms with van der Waals surface area (Å²) in [6, 6.07) is 19.5. The highest BCUT2D eigenvalue weighted by Crippen LogP contribution is 2.27. The highest BCUT2D eigenvalue weighted by Gasteiger charge is 2.16. The zero-order valence-corrected chi connectivity index (χ0v) is 18.7. The Morgan fingerprint density at radius 3 is 2.30 bits per heavy atom. The van der Waals surface area contributed by atoms with Gasteiger partial charge < -0.3 is 10.6 Å². The molecule has 30 heavy (non-hydrogen) atoms. The van der Waals surface area contributed by atoms with Crippen LogP contribution in [0.4, 0.5) is 11.4 Å². The maximum atomic E-state index is 12.5. The second kappa shape index (κ2) is 10.0. The van der Waals surface area contributed by atoms with Crippen molar-refractivity contribution in [2.45, 2.75) is 24.0 Å². The fourth-order valence-corrected chi connectivity index (χ4v) is 3.90. The van der Waals surface area contributed by atoms with E-state index in [0.717, 1.165) is 10.5 Å². The lowest BCUT2D eigenvalue weighted by Gasteiger charge is -2.14. The van der Waals surface area contributed by atoms with Crippen LogP contribution in [0, 0.1) is 6.92 Å². The Labute approximate surface area is 190 Å². The van der Waals surface area contributed by atoms with Crippen LogP contribution in [-0.4, -0.2) is 17.1 Å². The van der Waals surface area contributed by atoms with Gasteiger partial charge in [0.25, 0.3) is 5.91 Å². The van der Waals surface area contributed by atoms with E-state index in [-0.39, 0.29) is 17.1 Å². The Balaban J connectivity index is 1.58. The quantitative estimate of drug-likeness (QED) is 0.405. The second-order valence-electron chi connectivity index (χ2n) is 6.70. The van der Waals surface area contributed by atoms with Gasteiger partial charge in [-0.05, 0) is 74.0 Å². The lowest BCUT2D eigenvalue weighted by Crippen LogP contribution is -2.22. The maximum absolute atomic E-state index is 12.5. The molecule has 0 bridgehead atoms. The molecular formula is C23H20Cl2N2O2S. The van der Waals surface area contributed by atoms with Crippen molar-refractivity contribution in [3.05, 3.63) is 87.9 Å². The molecule has 2 amide bonds. The number of halogens is 2. The van der Waals surface area contributed by atoms with Gasteiger partial charge in [-0.15, -0.1) is 11.8 Å². The summed E-state index contributed by atoms with van der Waals surface area (Å²) in [6.45, 7) is 3.76. The highest BCUT2D eigenvalue weighted by atomic mass is 35.5. The number of nitrogens with one attached hydrogen (secondary N) is 2. The van der Waals surface area contributed by atoms with Crippen molar-refractivity contribution in [2.24, 2.45) is 0 Å². The molecule has 0 aliphatic heterocycles. The Morgan fingerprint density at radius 1 is 0.900 bits per heavy atom. The smallest absolute Gasteiger partial charge is 0.255 e. The van der Waals surface area contributed by atoms with Gasteiger partial charge in [-0.2, -0.15) is 0 Å². The van der Waals surface area contributed by atoms with Crippen LogP contribution in [0.3, 0.4) is 0 Å². The van der Waals surface area contributed by atoms with Crippen molar-refractivity contribution in [3.63, 3.8) is 0 Å². The third-order valence-electron chi connectivity index (χ3n) is 4.34. The molecule has 0 radical (unpaired) electrons. The molecule has 3 aromatic rings. The molecule has 3 rings (SSSR count). The van der Waals surface area contributed by atoms with Crippen molar-refractivity contribution in [3.8, 4) is 0 Å². The van der Waals surface area contributed by atoms with Crippen LogP contribution >= 0.6 is 35.0 Å². The van der Waals surface area contributed by atoms with Gasteiger partial charge in [0.15, 0.2) is 0 Å². The molecule has 0 saturated carbocycles. The first-order valence-corrected chi connectivity index (χ1v) is 10.9. The lowest BCUT2D eigenvalue weighted by molar-refractivity contribution is -0.115. The van der Waals surface area contributed by atoms with E-state index in [2.05, 4.69) is 10.6 Å². The topological polar surface area (TPSA) is 58.2 Å². The average Bonchev–Trinajstić information content (AvgIpc) is 2.72. The molecule has 1 atom stereocenters. The van der Waals surface area contributed by atoms with Crippen molar-refractivity contribution >= 4 is 58.2 Å². The number of amides is 2. The number of aryl methyl sites for hydroxylation is 1. The molecule has 154 valence electrons. The standard InChI is InChI=1S/C23H20Cl2N2O2S/c1-14-6-7-18(25)13-21(14)27-22(28)15(2)30-20-10-8-19(9-11-20)26-23(29)16-4-3-5-17(24)12-16/h3-13,15H,1-2H3,(H,26,29)(H,27,28). The molecule has 0 aromatic heterocycles. The average molecular weight is 459 g/mol. The maximum Gasteiger partial charge on any atom is 0.255 e. The molecule has 0 aliphatic rings. The van der Waals surface area contributed by atoms with Crippen LogP contribution in [0.15, 0.2) is 71.6 Å². The van der Waals surface area contributed by atoms with Gasteiger partial charge in [-0.25, -0.2) is 0 Å². The zero-order valence-electron chi connectivity index (χ0n) is 16.4. The minimum Gasteiger partial charge on any atom is -0.325 e. The minimum absolute atomic E-state index is 0.108. The van der Waals surface area contributed by atoms with Crippen LogP contribution in [0.2, 0.25) is 10.0 Å². The van der Waals surface area contributed by atoms with Crippen molar-refractivity contribution < 1.29 is 9.59 Å². The molecule has 0 aliphatic carbocycles. The van der Waals surface area contributed by atoms with Crippen LogP contribution in [0.25, 0.3) is 0 Å². The normalized spacial score (nSPS) is 11.6. The van der Waals surface area contributed by atoms with Gasteiger partial charge >= 0.3 is 0 Å². The number of carbonyl (C=O) groups is 2. The molecule has 0 spiro atoms. The van der Waals surface area contributed by atoms with Crippen LogP contribution in [0.5, 0.6) is 0 Å². The predicted octanol–water partition coefficient (Wildman–Crippen LogP) is 6.67. The SMILES string of the molecule is Cc1ccc(Cl)cc1NC(=O)C(C)Sc1ccc(NC(=O)c2cccc(Cl)c2)cc1. The minimum atomic E-state index is -0.310. The van der Waals surface area contributed by atoms with E-state index in [4.69, 9.17) is 23.2 Å². The van der Waals surface area contributed by atoms with Crippen molar-refractivity contribution in [1.82, 2.24) is 0 Å². The molecular weight excluding hydrogens is 439 g/mol. The van der Waals surface area contributed by atoms with E-state index in [1.807, 2.05) is 32.0 Å². The first-order valence-electron chi connectivity index (χ1n) is 9.22. The molecule has 7 heteroatoms. The first kappa shape index (κ1) is 22.2. The van der Waals surface area contributed by atoms with E-state index in [1.165, 1.54) is 11.8 Å². The number of rotatable bonds is 6. The number of hydrogen-bond donors (Lipinski definition) is 2. The fraction of sp³-hybridized carbons (Fsp3) is 0.130. The molecule has 1 unspecified atom stereocenters. The third kappa shape index (κ3) is 6.02. The van der Waals surface area contributed by atoms with E-state index >= 15 is 0 Å². The number of thioether (sulfide) groups is 1. The van der Waals surface area contributed by atoms with Crippen LogP contribution < -0.4 is 10.6 Å². The van der Waals surface area contributed by atoms with Crippen LogP contribution in [0.1, 0.15) is 22.8 Å². The number of hydrogen-bond acceptors (Lipinski definition) is 3. The molecule has 3 aromatic carbocycles. The van der Waals surface area contributed by atoms with Gasteiger partial charge in [-0.1, -0.05) is 35.3 Å². The van der Waals surface area contributed by atoms with E-state index < -0.39 is 0 Å². The van der Waals surface area contributed by atoms with Crippen molar-refractivity contribution in [2.75, 3.05) is 10.6 Å². The number of benzene rings is 3. The second-order valence-corrected chi connectivity index (χ2v) is 8.98. The van der Waals surface area contributed by atoms with E-state index in [0.29, 0.717) is 27.0 Å². The summed E-state index contributed by atoms with van der Waals surface area (Å²) >= 11 is 13.4. The monoisotopic (exact) mass is 458 g/mol. The molecule has 0 heterocycles. The molecule has 0 fully saturated rings. The summed E-state index contributed by atoms with van der Waals surface area (Å²) in [7, 11) is 0. The summed E-state index contributed by atoms with van der Waals surface area (Å²) in [6.07, 6.45) is 0. The van der Waals surface area contributed by atoms with Crippen molar-refractivity contribution in [1.29, 1.82) is 0 Å². The van der Waals surface area contributed by atoms with Crippen LogP contribution in [-0.2, 0) is 4.79 Å². The summed E-state index contributed by atoms with van der Waals surface area (Å²) in [4.78, 5) is 25.8. The van der Waals surface area contributed by atoms with Gasteiger partial charge in [0.2, 0.25) is 5.91 Å². The zero-order chi connectivity index (χ0) is 21.7. The van der Waals surface area contributed by atoms with Gasteiger partial charge in [0, 0.05) is 31.9 Å². The Morgan fingerprint density at radius 2 is 1.60 bits per heavy atom. The summed E-state index contributed by atoms with van der Waals surface area (Å²) in [5.74, 6) is -0.341. The van der Waals surface area contributed by atoms with E-state index in [1.54, 1.807) is 48.5 Å². The molecule has 2 N–H and O–H groups in total. The summed E-state index contributed by atoms with van der Waals surface area (Å²) in [5, 5.41) is 6.53. The molecule has 4 nitrogen and oxygen atoms in total. The van der Waals surface area contributed by atoms with Gasteiger partial charge in [0.1, 0.15) is 0 Å². The first-order chi connectivity index (χ1) is 14.3. The van der Waals surface area contributed by atoms with Gasteiger partial charge in [-0.3, -0.25) is 9.59 Å². The van der Waals surface area contributed by atoms with Gasteiger partial charge in [0.05, 0.1) is 5.25 Å². The lowest BCUT2D eigenvalue weighted by atomic mass is 10.2. The third-order valence-corrected chi connectivity index (χ3v) is 5.92. The largest absolute Gasteiger partial charge is 0.325 e.